The molecule has 0 aliphatic heterocycles. The minimum atomic E-state index is -0.834. The van der Waals surface area contributed by atoms with Gasteiger partial charge in [-0.25, -0.2) is 13.8 Å². The van der Waals surface area contributed by atoms with Gasteiger partial charge in [0.25, 0.3) is 0 Å². The fraction of sp³-hybridized carbons (Fsp3) is 0.158. The van der Waals surface area contributed by atoms with Crippen LogP contribution in [0.25, 0.3) is 0 Å². The zero-order chi connectivity index (χ0) is 19.4. The van der Waals surface area contributed by atoms with E-state index in [2.05, 4.69) is 31.2 Å². The molecular formula is C19H16BrF2N3OS. The maximum atomic E-state index is 13.8. The van der Waals surface area contributed by atoms with Gasteiger partial charge in [-0.05, 0) is 34.5 Å². The van der Waals surface area contributed by atoms with E-state index in [9.17, 15) is 13.6 Å². The summed E-state index contributed by atoms with van der Waals surface area (Å²) in [6.07, 6.45) is 0.698. The lowest BCUT2D eigenvalue weighted by Crippen LogP contribution is -2.15. The molecule has 0 bridgehead atoms. The first-order chi connectivity index (χ1) is 12.9. The standard InChI is InChI=1S/C19H16BrF2N3OS/c1-11-16(7-12-5-3-2-4-6-12)24-19(23-11)27-10-17(26)25-18-14(20)8-13(21)9-15(18)22/h2-6,8-9H,7,10H2,1H3,(H,23,24)(H,25,26). The maximum Gasteiger partial charge on any atom is 0.234 e. The highest BCUT2D eigenvalue weighted by molar-refractivity contribution is 9.10. The number of nitrogens with one attached hydrogen (secondary N) is 2. The largest absolute Gasteiger partial charge is 0.337 e. The third-order valence-corrected chi connectivity index (χ3v) is 5.29. The van der Waals surface area contributed by atoms with Gasteiger partial charge in [-0.3, -0.25) is 4.79 Å². The van der Waals surface area contributed by atoms with Crippen LogP contribution in [0.5, 0.6) is 0 Å². The number of carbonyl (C=O) groups excluding carboxylic acids is 1. The number of hydrogen-bond acceptors (Lipinski definition) is 3. The molecule has 2 aromatic carbocycles. The van der Waals surface area contributed by atoms with Crippen molar-refractivity contribution in [1.82, 2.24) is 9.97 Å². The maximum absolute atomic E-state index is 13.8. The number of anilines is 1. The predicted octanol–water partition coefficient (Wildman–Crippen LogP) is 5.08. The molecule has 0 spiro atoms. The van der Waals surface area contributed by atoms with Gasteiger partial charge in [-0.1, -0.05) is 42.1 Å². The van der Waals surface area contributed by atoms with E-state index in [1.165, 1.54) is 11.8 Å². The fourth-order valence-electron chi connectivity index (χ4n) is 2.47. The Hall–Kier alpha value is -2.19. The molecule has 0 aliphatic carbocycles. The Morgan fingerprint density at radius 3 is 2.70 bits per heavy atom. The molecule has 2 N–H and O–H groups in total. The lowest BCUT2D eigenvalue weighted by Gasteiger charge is -2.08. The number of H-pyrrole nitrogens is 1. The van der Waals surface area contributed by atoms with Gasteiger partial charge in [0.05, 0.1) is 17.1 Å². The van der Waals surface area contributed by atoms with Crippen molar-refractivity contribution in [2.24, 2.45) is 0 Å². The van der Waals surface area contributed by atoms with E-state index in [0.29, 0.717) is 11.6 Å². The number of hydrogen-bond donors (Lipinski definition) is 2. The molecule has 0 unspecified atom stereocenters. The fourth-order valence-corrected chi connectivity index (χ4v) is 3.71. The highest BCUT2D eigenvalue weighted by Crippen LogP contribution is 2.27. The van der Waals surface area contributed by atoms with E-state index in [0.717, 1.165) is 29.1 Å². The van der Waals surface area contributed by atoms with Crippen LogP contribution >= 0.6 is 27.7 Å². The molecular weight excluding hydrogens is 436 g/mol. The molecule has 1 heterocycles. The van der Waals surface area contributed by atoms with E-state index < -0.39 is 17.5 Å². The number of rotatable bonds is 6. The van der Waals surface area contributed by atoms with Crippen molar-refractivity contribution < 1.29 is 13.6 Å². The monoisotopic (exact) mass is 451 g/mol. The summed E-state index contributed by atoms with van der Waals surface area (Å²) in [6.45, 7) is 1.93. The molecule has 27 heavy (non-hydrogen) atoms. The van der Waals surface area contributed by atoms with Gasteiger partial charge >= 0.3 is 0 Å². The van der Waals surface area contributed by atoms with Crippen LogP contribution in [-0.2, 0) is 11.2 Å². The predicted molar refractivity (Wildman–Crippen MR) is 106 cm³/mol. The van der Waals surface area contributed by atoms with Crippen LogP contribution in [0.3, 0.4) is 0 Å². The SMILES string of the molecule is Cc1[nH]c(SCC(=O)Nc2c(F)cc(F)cc2Br)nc1Cc1ccccc1. The van der Waals surface area contributed by atoms with E-state index in [1.807, 2.05) is 37.3 Å². The summed E-state index contributed by atoms with van der Waals surface area (Å²) in [6, 6.07) is 11.8. The minimum Gasteiger partial charge on any atom is -0.337 e. The van der Waals surface area contributed by atoms with Gasteiger partial charge in [0.1, 0.15) is 5.82 Å². The van der Waals surface area contributed by atoms with E-state index >= 15 is 0 Å². The normalized spacial score (nSPS) is 10.8. The van der Waals surface area contributed by atoms with Gasteiger partial charge in [0.15, 0.2) is 11.0 Å². The number of imidazole rings is 1. The Kier molecular flexibility index (Phi) is 6.28. The number of nitrogens with zero attached hydrogens (tertiary/aromatic N) is 1. The first kappa shape index (κ1) is 19.6. The van der Waals surface area contributed by atoms with Crippen LogP contribution in [0.4, 0.5) is 14.5 Å². The van der Waals surface area contributed by atoms with Crippen molar-refractivity contribution in [1.29, 1.82) is 0 Å². The van der Waals surface area contributed by atoms with Crippen molar-refractivity contribution in [3.63, 3.8) is 0 Å². The van der Waals surface area contributed by atoms with Crippen molar-refractivity contribution in [2.45, 2.75) is 18.5 Å². The molecule has 3 aromatic rings. The zero-order valence-corrected chi connectivity index (χ0v) is 16.8. The van der Waals surface area contributed by atoms with Crippen molar-refractivity contribution >= 4 is 39.3 Å². The molecule has 0 aliphatic rings. The van der Waals surface area contributed by atoms with Crippen LogP contribution in [-0.4, -0.2) is 21.6 Å². The van der Waals surface area contributed by atoms with E-state index in [1.54, 1.807) is 0 Å². The van der Waals surface area contributed by atoms with Gasteiger partial charge in [-0.15, -0.1) is 0 Å². The Labute approximate surface area is 167 Å². The number of aromatic nitrogens is 2. The molecule has 0 saturated heterocycles. The third-order valence-electron chi connectivity index (χ3n) is 3.79. The Morgan fingerprint density at radius 2 is 2.00 bits per heavy atom. The quantitative estimate of drug-likeness (QED) is 0.513. The van der Waals surface area contributed by atoms with Crippen LogP contribution in [0.15, 0.2) is 52.1 Å². The first-order valence-corrected chi connectivity index (χ1v) is 9.87. The molecule has 1 aromatic heterocycles. The highest BCUT2D eigenvalue weighted by atomic mass is 79.9. The summed E-state index contributed by atoms with van der Waals surface area (Å²) in [5.41, 5.74) is 2.92. The van der Waals surface area contributed by atoms with Crippen LogP contribution in [0.2, 0.25) is 0 Å². The second-order valence-corrected chi connectivity index (χ2v) is 7.68. The Morgan fingerprint density at radius 1 is 1.26 bits per heavy atom. The summed E-state index contributed by atoms with van der Waals surface area (Å²) in [7, 11) is 0. The molecule has 4 nitrogen and oxygen atoms in total. The minimum absolute atomic E-state index is 0.0426. The second-order valence-electron chi connectivity index (χ2n) is 5.86. The zero-order valence-electron chi connectivity index (χ0n) is 14.4. The molecule has 1 amide bonds. The number of benzene rings is 2. The lowest BCUT2D eigenvalue weighted by molar-refractivity contribution is -0.113. The average molecular weight is 452 g/mol. The first-order valence-electron chi connectivity index (χ1n) is 8.09. The smallest absolute Gasteiger partial charge is 0.234 e. The van der Waals surface area contributed by atoms with Gasteiger partial charge in [0, 0.05) is 22.7 Å². The molecule has 140 valence electrons. The van der Waals surface area contributed by atoms with E-state index in [4.69, 9.17) is 0 Å². The molecule has 0 fully saturated rings. The van der Waals surface area contributed by atoms with E-state index in [-0.39, 0.29) is 15.9 Å². The Bertz CT molecular complexity index is 940. The number of halogens is 3. The molecule has 0 saturated carbocycles. The summed E-state index contributed by atoms with van der Waals surface area (Å²) in [5.74, 6) is -1.92. The van der Waals surface area contributed by atoms with Crippen molar-refractivity contribution in [3.05, 3.63) is 75.5 Å². The number of thioether (sulfide) groups is 1. The molecule has 3 rings (SSSR count). The number of aromatic amines is 1. The summed E-state index contributed by atoms with van der Waals surface area (Å²) in [4.78, 5) is 19.8. The summed E-state index contributed by atoms with van der Waals surface area (Å²) < 4.78 is 27.1. The molecule has 0 radical (unpaired) electrons. The summed E-state index contributed by atoms with van der Waals surface area (Å²) in [5, 5.41) is 3.07. The lowest BCUT2D eigenvalue weighted by atomic mass is 10.1. The van der Waals surface area contributed by atoms with Crippen molar-refractivity contribution in [2.75, 3.05) is 11.1 Å². The number of carbonyl (C=O) groups is 1. The van der Waals surface area contributed by atoms with Crippen molar-refractivity contribution in [3.8, 4) is 0 Å². The number of aryl methyl sites for hydroxylation is 1. The topological polar surface area (TPSA) is 57.8 Å². The van der Waals surface area contributed by atoms with Gasteiger partial charge in [0.2, 0.25) is 5.91 Å². The summed E-state index contributed by atoms with van der Waals surface area (Å²) >= 11 is 4.26. The van der Waals surface area contributed by atoms with Crippen LogP contribution in [0, 0.1) is 18.6 Å². The second kappa shape index (κ2) is 8.67. The molecule has 8 heteroatoms. The number of amides is 1. The Balaban J connectivity index is 1.60. The average Bonchev–Trinajstić information content (AvgIpc) is 2.97. The highest BCUT2D eigenvalue weighted by Gasteiger charge is 2.14. The van der Waals surface area contributed by atoms with Gasteiger partial charge in [-0.2, -0.15) is 0 Å². The molecule has 0 atom stereocenters. The third kappa shape index (κ3) is 5.17. The van der Waals surface area contributed by atoms with Crippen LogP contribution in [0.1, 0.15) is 17.0 Å². The van der Waals surface area contributed by atoms with Gasteiger partial charge < -0.3 is 10.3 Å². The van der Waals surface area contributed by atoms with Crippen LogP contribution < -0.4 is 5.32 Å².